The lowest BCUT2D eigenvalue weighted by Gasteiger charge is -2.34. The van der Waals surface area contributed by atoms with Gasteiger partial charge < -0.3 is 10.2 Å². The van der Waals surface area contributed by atoms with E-state index in [0.29, 0.717) is 28.5 Å². The fourth-order valence-corrected chi connectivity index (χ4v) is 3.89. The van der Waals surface area contributed by atoms with Gasteiger partial charge in [0, 0.05) is 36.9 Å². The Morgan fingerprint density at radius 3 is 2.24 bits per heavy atom. The van der Waals surface area contributed by atoms with E-state index in [1.807, 2.05) is 23.1 Å². The summed E-state index contributed by atoms with van der Waals surface area (Å²) in [5.74, 6) is -0.949. The van der Waals surface area contributed by atoms with Gasteiger partial charge in [-0.15, -0.1) is 0 Å². The van der Waals surface area contributed by atoms with Crippen molar-refractivity contribution in [2.45, 2.75) is 6.18 Å². The maximum absolute atomic E-state index is 13.9. The summed E-state index contributed by atoms with van der Waals surface area (Å²) in [5, 5.41) is 7.00. The molecule has 7 nitrogen and oxygen atoms in total. The molecule has 4 rings (SSSR count). The number of para-hydroxylation sites is 1. The molecular weight excluding hydrogens is 471 g/mol. The Labute approximate surface area is 198 Å². The van der Waals surface area contributed by atoms with Crippen LogP contribution in [0.4, 0.5) is 18.9 Å². The first-order valence-corrected chi connectivity index (χ1v) is 10.9. The van der Waals surface area contributed by atoms with Crippen molar-refractivity contribution in [2.75, 3.05) is 38.0 Å². The third-order valence-corrected chi connectivity index (χ3v) is 5.68. The van der Waals surface area contributed by atoms with Gasteiger partial charge in [0.2, 0.25) is 5.91 Å². The molecule has 0 aliphatic carbocycles. The molecule has 11 heteroatoms. The van der Waals surface area contributed by atoms with E-state index in [9.17, 15) is 22.8 Å². The predicted octanol–water partition coefficient (Wildman–Crippen LogP) is 3.94. The van der Waals surface area contributed by atoms with E-state index in [2.05, 4.69) is 10.4 Å². The Morgan fingerprint density at radius 2 is 1.62 bits per heavy atom. The number of carbonyl (C=O) groups is 2. The standard InChI is InChI=1S/C23H21ClF3N5O2/c24-16-6-8-18(9-7-16)32-21(23(25,26)27)19(14-28-32)22(34)31-12-10-30(11-13-31)15-20(33)29-17-4-2-1-3-5-17/h1-9,14H,10-13,15H2,(H,29,33). The Hall–Kier alpha value is -3.37. The van der Waals surface area contributed by atoms with Crippen molar-refractivity contribution >= 4 is 29.1 Å². The van der Waals surface area contributed by atoms with Gasteiger partial charge in [0.1, 0.15) is 0 Å². The lowest BCUT2D eigenvalue weighted by Crippen LogP contribution is -2.50. The average molecular weight is 492 g/mol. The number of piperazine rings is 1. The van der Waals surface area contributed by atoms with Gasteiger partial charge >= 0.3 is 6.18 Å². The number of aromatic nitrogens is 2. The molecule has 0 spiro atoms. The van der Waals surface area contributed by atoms with Gasteiger partial charge in [-0.1, -0.05) is 29.8 Å². The lowest BCUT2D eigenvalue weighted by atomic mass is 10.1. The summed E-state index contributed by atoms with van der Waals surface area (Å²) in [5.41, 5.74) is -0.828. The largest absolute Gasteiger partial charge is 0.434 e. The van der Waals surface area contributed by atoms with E-state index in [4.69, 9.17) is 11.6 Å². The molecule has 1 saturated heterocycles. The molecular formula is C23H21ClF3N5O2. The highest BCUT2D eigenvalue weighted by Gasteiger charge is 2.41. The third-order valence-electron chi connectivity index (χ3n) is 5.42. The quantitative estimate of drug-likeness (QED) is 0.587. The Morgan fingerprint density at radius 1 is 0.971 bits per heavy atom. The van der Waals surface area contributed by atoms with Crippen LogP contribution in [0, 0.1) is 0 Å². The second kappa shape index (κ2) is 9.86. The second-order valence-electron chi connectivity index (χ2n) is 7.78. The number of hydrogen-bond acceptors (Lipinski definition) is 4. The topological polar surface area (TPSA) is 70.5 Å². The van der Waals surface area contributed by atoms with Gasteiger partial charge in [0.25, 0.3) is 5.91 Å². The van der Waals surface area contributed by atoms with E-state index >= 15 is 0 Å². The molecule has 3 aromatic rings. The van der Waals surface area contributed by atoms with Crippen LogP contribution < -0.4 is 5.32 Å². The zero-order chi connectivity index (χ0) is 24.3. The van der Waals surface area contributed by atoms with Crippen LogP contribution >= 0.6 is 11.6 Å². The normalized spacial score (nSPS) is 14.8. The molecule has 0 unspecified atom stereocenters. The van der Waals surface area contributed by atoms with Crippen LogP contribution in [0.1, 0.15) is 16.1 Å². The third kappa shape index (κ3) is 5.40. The van der Waals surface area contributed by atoms with E-state index < -0.39 is 23.3 Å². The first-order chi connectivity index (χ1) is 16.2. The van der Waals surface area contributed by atoms with Crippen molar-refractivity contribution in [3.8, 4) is 5.69 Å². The van der Waals surface area contributed by atoms with E-state index in [1.165, 1.54) is 29.2 Å². The molecule has 2 amide bonds. The summed E-state index contributed by atoms with van der Waals surface area (Å²) >= 11 is 5.83. The highest BCUT2D eigenvalue weighted by molar-refractivity contribution is 6.30. The van der Waals surface area contributed by atoms with E-state index in [-0.39, 0.29) is 31.2 Å². The van der Waals surface area contributed by atoms with Crippen LogP contribution in [-0.2, 0) is 11.0 Å². The fourth-order valence-electron chi connectivity index (χ4n) is 3.76. The molecule has 0 radical (unpaired) electrons. The Balaban J connectivity index is 1.43. The van der Waals surface area contributed by atoms with Crippen LogP contribution in [0.15, 0.2) is 60.8 Å². The van der Waals surface area contributed by atoms with Gasteiger partial charge in [0.05, 0.1) is 24.0 Å². The van der Waals surface area contributed by atoms with Crippen molar-refractivity contribution in [3.05, 3.63) is 77.1 Å². The molecule has 34 heavy (non-hydrogen) atoms. The van der Waals surface area contributed by atoms with Crippen LogP contribution in [-0.4, -0.2) is 64.1 Å². The zero-order valence-corrected chi connectivity index (χ0v) is 18.7. The smallest absolute Gasteiger partial charge is 0.336 e. The Bertz CT molecular complexity index is 1160. The SMILES string of the molecule is O=C(CN1CCN(C(=O)c2cnn(-c3ccc(Cl)cc3)c2C(F)(F)F)CC1)Nc1ccccc1. The number of carbonyl (C=O) groups excluding carboxylic acids is 2. The lowest BCUT2D eigenvalue weighted by molar-refractivity contribution is -0.143. The molecule has 1 fully saturated rings. The van der Waals surface area contributed by atoms with Crippen LogP contribution in [0.3, 0.4) is 0 Å². The van der Waals surface area contributed by atoms with E-state index in [0.717, 1.165) is 6.20 Å². The molecule has 0 saturated carbocycles. The molecule has 0 atom stereocenters. The van der Waals surface area contributed by atoms with Crippen LogP contribution in [0.25, 0.3) is 5.69 Å². The monoisotopic (exact) mass is 491 g/mol. The summed E-state index contributed by atoms with van der Waals surface area (Å²) < 4.78 is 42.4. The highest BCUT2D eigenvalue weighted by atomic mass is 35.5. The summed E-state index contributed by atoms with van der Waals surface area (Å²) in [6.45, 7) is 1.24. The van der Waals surface area contributed by atoms with Crippen molar-refractivity contribution in [1.82, 2.24) is 19.6 Å². The van der Waals surface area contributed by atoms with Crippen LogP contribution in [0.2, 0.25) is 5.02 Å². The molecule has 2 heterocycles. The fraction of sp³-hybridized carbons (Fsp3) is 0.261. The number of nitrogens with one attached hydrogen (secondary N) is 1. The average Bonchev–Trinajstić information content (AvgIpc) is 3.26. The molecule has 2 aromatic carbocycles. The maximum atomic E-state index is 13.9. The number of benzene rings is 2. The minimum absolute atomic E-state index is 0.124. The van der Waals surface area contributed by atoms with E-state index in [1.54, 1.807) is 12.1 Å². The minimum atomic E-state index is -4.79. The van der Waals surface area contributed by atoms with Gasteiger partial charge in [-0.2, -0.15) is 18.3 Å². The Kier molecular flexibility index (Phi) is 6.90. The maximum Gasteiger partial charge on any atom is 0.434 e. The molecule has 1 aliphatic heterocycles. The molecule has 1 N–H and O–H groups in total. The molecule has 0 bridgehead atoms. The molecule has 178 valence electrons. The summed E-state index contributed by atoms with van der Waals surface area (Å²) in [6.07, 6.45) is -3.85. The van der Waals surface area contributed by atoms with Gasteiger partial charge in [-0.3, -0.25) is 14.5 Å². The van der Waals surface area contributed by atoms with Gasteiger partial charge in [-0.25, -0.2) is 4.68 Å². The number of rotatable bonds is 5. The van der Waals surface area contributed by atoms with Gasteiger partial charge in [-0.05, 0) is 36.4 Å². The first-order valence-electron chi connectivity index (χ1n) is 10.5. The zero-order valence-electron chi connectivity index (χ0n) is 17.9. The summed E-state index contributed by atoms with van der Waals surface area (Å²) in [4.78, 5) is 28.4. The molecule has 1 aromatic heterocycles. The number of amides is 2. The van der Waals surface area contributed by atoms with Crippen molar-refractivity contribution in [3.63, 3.8) is 0 Å². The van der Waals surface area contributed by atoms with Crippen molar-refractivity contribution < 1.29 is 22.8 Å². The summed E-state index contributed by atoms with van der Waals surface area (Å²) in [6, 6.07) is 14.7. The minimum Gasteiger partial charge on any atom is -0.336 e. The van der Waals surface area contributed by atoms with Gasteiger partial charge in [0.15, 0.2) is 5.69 Å². The molecule has 1 aliphatic rings. The number of alkyl halides is 3. The highest BCUT2D eigenvalue weighted by Crippen LogP contribution is 2.34. The van der Waals surface area contributed by atoms with Crippen molar-refractivity contribution in [1.29, 1.82) is 0 Å². The number of halogens is 4. The second-order valence-corrected chi connectivity index (χ2v) is 8.21. The van der Waals surface area contributed by atoms with Crippen molar-refractivity contribution in [2.24, 2.45) is 0 Å². The number of anilines is 1. The summed E-state index contributed by atoms with van der Waals surface area (Å²) in [7, 11) is 0. The van der Waals surface area contributed by atoms with Crippen LogP contribution in [0.5, 0.6) is 0 Å². The first kappa shape index (κ1) is 23.8. The number of hydrogen-bond donors (Lipinski definition) is 1. The predicted molar refractivity (Wildman–Crippen MR) is 121 cm³/mol. The number of nitrogens with zero attached hydrogens (tertiary/aromatic N) is 4.